The molecule has 5 nitrogen and oxygen atoms in total. The summed E-state index contributed by atoms with van der Waals surface area (Å²) >= 11 is 0. The fourth-order valence-corrected chi connectivity index (χ4v) is 1.71. The van der Waals surface area contributed by atoms with Crippen LogP contribution in [0.4, 0.5) is 0 Å². The second kappa shape index (κ2) is 11.6. The highest BCUT2D eigenvalue weighted by molar-refractivity contribution is 6.06. The van der Waals surface area contributed by atoms with Gasteiger partial charge in [-0.15, -0.1) is 0 Å². The highest BCUT2D eigenvalue weighted by atomic mass is 16.7. The Bertz CT molecular complexity index is 511. The van der Waals surface area contributed by atoms with Crippen molar-refractivity contribution in [2.45, 2.75) is 33.1 Å². The van der Waals surface area contributed by atoms with Gasteiger partial charge in [0, 0.05) is 12.2 Å². The number of unbranched alkanes of at least 4 members (excludes halogenated alkanes) is 2. The standard InChI is InChI=1S/C18H25NO4/c1-4-5-9-12-21-14-22-13-15(2)19-23-16(3)18(20)17-10-7-6-8-11-17/h6-8,10-11H,3-5,9,12-14H2,1-2H3/b19-15+. The lowest BCUT2D eigenvalue weighted by atomic mass is 10.1. The van der Waals surface area contributed by atoms with E-state index in [-0.39, 0.29) is 24.9 Å². The average molecular weight is 319 g/mol. The van der Waals surface area contributed by atoms with Crippen LogP contribution in [0.1, 0.15) is 43.5 Å². The molecule has 1 aromatic carbocycles. The molecule has 0 N–H and O–H groups in total. The van der Waals surface area contributed by atoms with Gasteiger partial charge in [-0.2, -0.15) is 0 Å². The highest BCUT2D eigenvalue weighted by Crippen LogP contribution is 2.08. The van der Waals surface area contributed by atoms with Crippen LogP contribution in [0, 0.1) is 0 Å². The lowest BCUT2D eigenvalue weighted by Gasteiger charge is -2.06. The summed E-state index contributed by atoms with van der Waals surface area (Å²) in [6.45, 7) is 8.69. The quantitative estimate of drug-likeness (QED) is 0.111. The zero-order valence-corrected chi connectivity index (χ0v) is 13.9. The summed E-state index contributed by atoms with van der Waals surface area (Å²) in [6.07, 6.45) is 3.36. The maximum atomic E-state index is 12.0. The molecule has 5 heteroatoms. The Morgan fingerprint density at radius 3 is 2.61 bits per heavy atom. The summed E-state index contributed by atoms with van der Waals surface area (Å²) in [5.41, 5.74) is 1.12. The van der Waals surface area contributed by atoms with Crippen LogP contribution in [0.25, 0.3) is 0 Å². The Labute approximate surface area is 137 Å². The molecule has 0 bridgehead atoms. The number of nitrogens with zero attached hydrogens (tertiary/aromatic N) is 1. The summed E-state index contributed by atoms with van der Waals surface area (Å²) in [7, 11) is 0. The molecule has 0 saturated carbocycles. The number of carbonyl (C=O) groups excluding carboxylic acids is 1. The molecule has 1 rings (SSSR count). The fraction of sp³-hybridized carbons (Fsp3) is 0.444. The number of benzene rings is 1. The summed E-state index contributed by atoms with van der Waals surface area (Å²) in [5.74, 6) is -0.311. The molecule has 0 aliphatic carbocycles. The Hall–Kier alpha value is -1.98. The number of oxime groups is 1. The van der Waals surface area contributed by atoms with Crippen molar-refractivity contribution in [3.05, 3.63) is 48.2 Å². The molecule has 0 aromatic heterocycles. The van der Waals surface area contributed by atoms with E-state index in [1.807, 2.05) is 6.07 Å². The molecule has 0 spiro atoms. The zero-order valence-electron chi connectivity index (χ0n) is 13.9. The molecule has 23 heavy (non-hydrogen) atoms. The van der Waals surface area contributed by atoms with Gasteiger partial charge in [-0.3, -0.25) is 4.79 Å². The maximum Gasteiger partial charge on any atom is 0.230 e. The van der Waals surface area contributed by atoms with Crippen molar-refractivity contribution in [1.29, 1.82) is 0 Å². The van der Waals surface area contributed by atoms with Gasteiger partial charge in [-0.25, -0.2) is 0 Å². The number of carbonyl (C=O) groups is 1. The number of hydrogen-bond acceptors (Lipinski definition) is 5. The number of ketones is 1. The van der Waals surface area contributed by atoms with Crippen LogP contribution in [0.3, 0.4) is 0 Å². The molecule has 1 aromatic rings. The van der Waals surface area contributed by atoms with Crippen molar-refractivity contribution < 1.29 is 19.1 Å². The van der Waals surface area contributed by atoms with E-state index < -0.39 is 0 Å². The monoisotopic (exact) mass is 319 g/mol. The van der Waals surface area contributed by atoms with Gasteiger partial charge < -0.3 is 14.3 Å². The second-order valence-corrected chi connectivity index (χ2v) is 5.12. The van der Waals surface area contributed by atoms with Crippen molar-refractivity contribution in [3.8, 4) is 0 Å². The van der Waals surface area contributed by atoms with Gasteiger partial charge in [0.1, 0.15) is 6.79 Å². The molecule has 0 saturated heterocycles. The van der Waals surface area contributed by atoms with E-state index in [9.17, 15) is 4.79 Å². The Kier molecular flexibility index (Phi) is 9.59. The number of ether oxygens (including phenoxy) is 2. The van der Waals surface area contributed by atoms with Crippen molar-refractivity contribution in [2.24, 2.45) is 5.16 Å². The summed E-state index contributed by atoms with van der Waals surface area (Å²) < 4.78 is 10.6. The van der Waals surface area contributed by atoms with Crippen molar-refractivity contribution >= 4 is 11.5 Å². The normalized spacial score (nSPS) is 11.3. The van der Waals surface area contributed by atoms with Crippen LogP contribution in [0.5, 0.6) is 0 Å². The first kappa shape index (κ1) is 19.1. The van der Waals surface area contributed by atoms with Crippen LogP contribution in [0.15, 0.2) is 47.8 Å². The molecule has 0 aliphatic heterocycles. The van der Waals surface area contributed by atoms with Gasteiger partial charge in [-0.1, -0.05) is 55.3 Å². The molecule has 126 valence electrons. The second-order valence-electron chi connectivity index (χ2n) is 5.12. The van der Waals surface area contributed by atoms with E-state index in [0.29, 0.717) is 17.9 Å². The first-order valence-electron chi connectivity index (χ1n) is 7.79. The average Bonchev–Trinajstić information content (AvgIpc) is 2.59. The van der Waals surface area contributed by atoms with Crippen LogP contribution in [0.2, 0.25) is 0 Å². The molecule has 0 fully saturated rings. The predicted molar refractivity (Wildman–Crippen MR) is 90.4 cm³/mol. The largest absolute Gasteiger partial charge is 0.355 e. The van der Waals surface area contributed by atoms with E-state index in [1.54, 1.807) is 31.2 Å². The third kappa shape index (κ3) is 8.28. The number of hydrogen-bond donors (Lipinski definition) is 0. The smallest absolute Gasteiger partial charge is 0.230 e. The molecule has 0 heterocycles. The number of allylic oxidation sites excluding steroid dienone is 1. The minimum Gasteiger partial charge on any atom is -0.355 e. The Morgan fingerprint density at radius 2 is 1.91 bits per heavy atom. The minimum absolute atomic E-state index is 0.0219. The summed E-state index contributed by atoms with van der Waals surface area (Å²) in [4.78, 5) is 17.1. The van der Waals surface area contributed by atoms with Crippen LogP contribution in [-0.4, -0.2) is 31.5 Å². The summed E-state index contributed by atoms with van der Waals surface area (Å²) in [5, 5.41) is 3.83. The van der Waals surface area contributed by atoms with Gasteiger partial charge in [0.2, 0.25) is 5.78 Å². The molecule has 0 unspecified atom stereocenters. The molecule has 0 radical (unpaired) electrons. The van der Waals surface area contributed by atoms with Gasteiger partial charge in [-0.05, 0) is 19.9 Å². The molecular formula is C18H25NO4. The van der Waals surface area contributed by atoms with Crippen LogP contribution >= 0.6 is 0 Å². The zero-order chi connectivity index (χ0) is 16.9. The summed E-state index contributed by atoms with van der Waals surface area (Å²) in [6, 6.07) is 8.80. The topological polar surface area (TPSA) is 57.1 Å². The van der Waals surface area contributed by atoms with Gasteiger partial charge >= 0.3 is 0 Å². The van der Waals surface area contributed by atoms with E-state index in [4.69, 9.17) is 14.3 Å². The van der Waals surface area contributed by atoms with Crippen molar-refractivity contribution in [2.75, 3.05) is 20.0 Å². The van der Waals surface area contributed by atoms with Gasteiger partial charge in [0.15, 0.2) is 5.76 Å². The van der Waals surface area contributed by atoms with E-state index >= 15 is 0 Å². The maximum absolute atomic E-state index is 12.0. The molecule has 0 amide bonds. The lowest BCUT2D eigenvalue weighted by molar-refractivity contribution is -0.0418. The molecular weight excluding hydrogens is 294 g/mol. The fourth-order valence-electron chi connectivity index (χ4n) is 1.71. The predicted octanol–water partition coefficient (Wildman–Crippen LogP) is 3.96. The first-order valence-corrected chi connectivity index (χ1v) is 7.79. The number of rotatable bonds is 12. The van der Waals surface area contributed by atoms with E-state index in [1.165, 1.54) is 6.42 Å². The van der Waals surface area contributed by atoms with Crippen molar-refractivity contribution in [3.63, 3.8) is 0 Å². The third-order valence-electron chi connectivity index (χ3n) is 2.97. The van der Waals surface area contributed by atoms with Crippen LogP contribution < -0.4 is 0 Å². The van der Waals surface area contributed by atoms with Crippen molar-refractivity contribution in [1.82, 2.24) is 0 Å². The van der Waals surface area contributed by atoms with Gasteiger partial charge in [0.25, 0.3) is 0 Å². The van der Waals surface area contributed by atoms with Gasteiger partial charge in [0.05, 0.1) is 12.3 Å². The lowest BCUT2D eigenvalue weighted by Crippen LogP contribution is -2.10. The van der Waals surface area contributed by atoms with E-state index in [2.05, 4.69) is 18.7 Å². The van der Waals surface area contributed by atoms with E-state index in [0.717, 1.165) is 12.8 Å². The highest BCUT2D eigenvalue weighted by Gasteiger charge is 2.11. The first-order chi connectivity index (χ1) is 11.1. The Morgan fingerprint density at radius 1 is 1.17 bits per heavy atom. The molecule has 0 atom stereocenters. The Balaban J connectivity index is 2.22. The molecule has 0 aliphatic rings. The SMILES string of the molecule is C=C(O/N=C(\C)COCOCCCCC)C(=O)c1ccccc1. The number of Topliss-reactive ketones (excluding diaryl/α,β-unsaturated/α-hetero) is 1. The third-order valence-corrected chi connectivity index (χ3v) is 2.97. The minimum atomic E-state index is -0.290. The van der Waals surface area contributed by atoms with Crippen LogP contribution in [-0.2, 0) is 14.3 Å².